The molecule has 3 rings (SSSR count). The Morgan fingerprint density at radius 2 is 1.72 bits per heavy atom. The Balaban J connectivity index is 1.61. The summed E-state index contributed by atoms with van der Waals surface area (Å²) in [4.78, 5) is 13.6. The molecule has 3 aromatic carbocycles. The van der Waals surface area contributed by atoms with Gasteiger partial charge in [-0.25, -0.2) is 0 Å². The standard InChI is InChI=1S/C21H18ClNOS/c1-15-7-12-19(20(22)13-15)21(24)23-17-10-8-16(9-11-17)14-25-18-5-3-2-4-6-18/h2-13H,14H2,1H3,(H,23,24). The van der Waals surface area contributed by atoms with Gasteiger partial charge in [-0.3, -0.25) is 4.79 Å². The summed E-state index contributed by atoms with van der Waals surface area (Å²) in [6, 6.07) is 23.6. The maximum atomic E-state index is 12.3. The number of rotatable bonds is 5. The van der Waals surface area contributed by atoms with Crippen LogP contribution in [0.25, 0.3) is 0 Å². The van der Waals surface area contributed by atoms with Gasteiger partial charge in [0, 0.05) is 16.3 Å². The van der Waals surface area contributed by atoms with E-state index in [1.807, 2.05) is 55.5 Å². The van der Waals surface area contributed by atoms with Crippen LogP contribution in [0.4, 0.5) is 5.69 Å². The van der Waals surface area contributed by atoms with Gasteiger partial charge in [0.1, 0.15) is 0 Å². The molecule has 0 unspecified atom stereocenters. The van der Waals surface area contributed by atoms with Gasteiger partial charge in [0.15, 0.2) is 0 Å². The normalized spacial score (nSPS) is 10.5. The van der Waals surface area contributed by atoms with Gasteiger partial charge in [-0.2, -0.15) is 0 Å². The van der Waals surface area contributed by atoms with E-state index in [1.54, 1.807) is 23.9 Å². The van der Waals surface area contributed by atoms with Crippen LogP contribution in [-0.2, 0) is 5.75 Å². The first-order valence-corrected chi connectivity index (χ1v) is 9.32. The van der Waals surface area contributed by atoms with Gasteiger partial charge in [-0.05, 0) is 54.4 Å². The Morgan fingerprint density at radius 1 is 1.00 bits per heavy atom. The van der Waals surface area contributed by atoms with Crippen molar-refractivity contribution >= 4 is 35.0 Å². The van der Waals surface area contributed by atoms with Crippen LogP contribution in [-0.4, -0.2) is 5.91 Å². The fraction of sp³-hybridized carbons (Fsp3) is 0.0952. The molecule has 0 radical (unpaired) electrons. The van der Waals surface area contributed by atoms with Gasteiger partial charge in [-0.1, -0.05) is 48.0 Å². The summed E-state index contributed by atoms with van der Waals surface area (Å²) in [5.74, 6) is 0.693. The molecule has 1 N–H and O–H groups in total. The summed E-state index contributed by atoms with van der Waals surface area (Å²) in [6.45, 7) is 1.94. The average molecular weight is 368 g/mol. The first-order valence-electron chi connectivity index (χ1n) is 7.96. The summed E-state index contributed by atoms with van der Waals surface area (Å²) < 4.78 is 0. The topological polar surface area (TPSA) is 29.1 Å². The molecule has 0 aliphatic carbocycles. The van der Waals surface area contributed by atoms with E-state index < -0.39 is 0 Å². The number of carbonyl (C=O) groups excluding carboxylic acids is 1. The number of amides is 1. The van der Waals surface area contributed by atoms with Crippen LogP contribution in [0.2, 0.25) is 5.02 Å². The molecular weight excluding hydrogens is 350 g/mol. The summed E-state index contributed by atoms with van der Waals surface area (Å²) >= 11 is 7.94. The van der Waals surface area contributed by atoms with Crippen molar-refractivity contribution in [3.63, 3.8) is 0 Å². The molecule has 2 nitrogen and oxygen atoms in total. The average Bonchev–Trinajstić information content (AvgIpc) is 2.62. The van der Waals surface area contributed by atoms with E-state index in [-0.39, 0.29) is 5.91 Å². The molecule has 0 atom stereocenters. The third kappa shape index (κ3) is 4.88. The quantitative estimate of drug-likeness (QED) is 0.544. The van der Waals surface area contributed by atoms with Gasteiger partial charge >= 0.3 is 0 Å². The predicted molar refractivity (Wildman–Crippen MR) is 107 cm³/mol. The van der Waals surface area contributed by atoms with Crippen LogP contribution in [0.15, 0.2) is 77.7 Å². The number of nitrogens with one attached hydrogen (secondary N) is 1. The van der Waals surface area contributed by atoms with E-state index >= 15 is 0 Å². The van der Waals surface area contributed by atoms with Gasteiger partial charge in [-0.15, -0.1) is 11.8 Å². The van der Waals surface area contributed by atoms with Crippen LogP contribution in [0, 0.1) is 6.92 Å². The third-order valence-corrected chi connectivity index (χ3v) is 5.13. The fourth-order valence-electron chi connectivity index (χ4n) is 2.37. The zero-order chi connectivity index (χ0) is 17.6. The second-order valence-corrected chi connectivity index (χ2v) is 7.19. The number of benzene rings is 3. The van der Waals surface area contributed by atoms with Crippen molar-refractivity contribution in [2.24, 2.45) is 0 Å². The van der Waals surface area contributed by atoms with E-state index in [4.69, 9.17) is 11.6 Å². The molecule has 0 aromatic heterocycles. The number of hydrogen-bond donors (Lipinski definition) is 1. The van der Waals surface area contributed by atoms with Crippen LogP contribution < -0.4 is 5.32 Å². The summed E-state index contributed by atoms with van der Waals surface area (Å²) in [5.41, 5.74) is 3.48. The van der Waals surface area contributed by atoms with E-state index in [0.717, 1.165) is 17.0 Å². The second kappa shape index (κ2) is 8.24. The minimum absolute atomic E-state index is 0.198. The van der Waals surface area contributed by atoms with Gasteiger partial charge < -0.3 is 5.32 Å². The summed E-state index contributed by atoms with van der Waals surface area (Å²) in [6.07, 6.45) is 0. The highest BCUT2D eigenvalue weighted by Gasteiger charge is 2.10. The molecule has 25 heavy (non-hydrogen) atoms. The largest absolute Gasteiger partial charge is 0.322 e. The molecule has 3 aromatic rings. The van der Waals surface area contributed by atoms with Crippen LogP contribution in [0.1, 0.15) is 21.5 Å². The molecule has 0 saturated heterocycles. The lowest BCUT2D eigenvalue weighted by Gasteiger charge is -2.08. The van der Waals surface area contributed by atoms with Crippen molar-refractivity contribution in [3.05, 3.63) is 94.5 Å². The van der Waals surface area contributed by atoms with E-state index in [0.29, 0.717) is 10.6 Å². The molecule has 0 spiro atoms. The zero-order valence-corrected chi connectivity index (χ0v) is 15.4. The zero-order valence-electron chi connectivity index (χ0n) is 13.8. The summed E-state index contributed by atoms with van der Waals surface area (Å²) in [5, 5.41) is 3.36. The van der Waals surface area contributed by atoms with Crippen molar-refractivity contribution in [3.8, 4) is 0 Å². The van der Waals surface area contributed by atoms with E-state index in [9.17, 15) is 4.79 Å². The Bertz CT molecular complexity index is 863. The Morgan fingerprint density at radius 3 is 2.40 bits per heavy atom. The number of thioether (sulfide) groups is 1. The van der Waals surface area contributed by atoms with Crippen molar-refractivity contribution in [1.82, 2.24) is 0 Å². The predicted octanol–water partition coefficient (Wildman–Crippen LogP) is 6.19. The molecule has 0 aliphatic heterocycles. The molecule has 0 bridgehead atoms. The second-order valence-electron chi connectivity index (χ2n) is 5.74. The highest BCUT2D eigenvalue weighted by molar-refractivity contribution is 7.98. The van der Waals surface area contributed by atoms with Crippen LogP contribution >= 0.6 is 23.4 Å². The first kappa shape index (κ1) is 17.6. The Hall–Kier alpha value is -2.23. The first-order chi connectivity index (χ1) is 12.1. The monoisotopic (exact) mass is 367 g/mol. The van der Waals surface area contributed by atoms with E-state index in [1.165, 1.54) is 10.5 Å². The number of hydrogen-bond acceptors (Lipinski definition) is 2. The van der Waals surface area contributed by atoms with Crippen molar-refractivity contribution in [2.45, 2.75) is 17.6 Å². The fourth-order valence-corrected chi connectivity index (χ4v) is 3.57. The Kier molecular flexibility index (Phi) is 5.79. The maximum absolute atomic E-state index is 12.3. The lowest BCUT2D eigenvalue weighted by molar-refractivity contribution is 0.102. The third-order valence-electron chi connectivity index (χ3n) is 3.73. The minimum Gasteiger partial charge on any atom is -0.322 e. The molecule has 4 heteroatoms. The Labute approximate surface area is 157 Å². The molecule has 126 valence electrons. The number of carbonyl (C=O) groups is 1. The molecule has 0 heterocycles. The number of anilines is 1. The molecule has 0 saturated carbocycles. The van der Waals surface area contributed by atoms with Crippen molar-refractivity contribution in [2.75, 3.05) is 5.32 Å². The number of halogens is 1. The minimum atomic E-state index is -0.198. The molecular formula is C21H18ClNOS. The highest BCUT2D eigenvalue weighted by atomic mass is 35.5. The molecule has 0 fully saturated rings. The van der Waals surface area contributed by atoms with Crippen LogP contribution in [0.3, 0.4) is 0 Å². The number of aryl methyl sites for hydroxylation is 1. The van der Waals surface area contributed by atoms with Gasteiger partial charge in [0.2, 0.25) is 0 Å². The van der Waals surface area contributed by atoms with Gasteiger partial charge in [0.25, 0.3) is 5.91 Å². The van der Waals surface area contributed by atoms with Crippen LogP contribution in [0.5, 0.6) is 0 Å². The van der Waals surface area contributed by atoms with Crippen molar-refractivity contribution in [1.29, 1.82) is 0 Å². The van der Waals surface area contributed by atoms with Crippen molar-refractivity contribution < 1.29 is 4.79 Å². The smallest absolute Gasteiger partial charge is 0.257 e. The molecule has 0 aliphatic rings. The lowest BCUT2D eigenvalue weighted by Crippen LogP contribution is -2.12. The highest BCUT2D eigenvalue weighted by Crippen LogP contribution is 2.24. The SMILES string of the molecule is Cc1ccc(C(=O)Nc2ccc(CSc3ccccc3)cc2)c(Cl)c1. The molecule has 1 amide bonds. The lowest BCUT2D eigenvalue weighted by atomic mass is 10.1. The van der Waals surface area contributed by atoms with Gasteiger partial charge in [0.05, 0.1) is 10.6 Å². The maximum Gasteiger partial charge on any atom is 0.257 e. The van der Waals surface area contributed by atoms with E-state index in [2.05, 4.69) is 17.4 Å². The summed E-state index contributed by atoms with van der Waals surface area (Å²) in [7, 11) is 0.